The molecule has 1 rings (SSSR count). The summed E-state index contributed by atoms with van der Waals surface area (Å²) >= 11 is 1.32. The second-order valence-electron chi connectivity index (χ2n) is 2.81. The normalized spacial score (nSPS) is 12.1. The van der Waals surface area contributed by atoms with Crippen molar-refractivity contribution in [3.63, 3.8) is 0 Å². The number of aromatic nitrogens is 1. The maximum absolute atomic E-state index is 11.3. The molecule has 0 aromatic carbocycles. The molecule has 0 fully saturated rings. The Balaban J connectivity index is 2.66. The first-order chi connectivity index (χ1) is 7.15. The van der Waals surface area contributed by atoms with Gasteiger partial charge in [0.2, 0.25) is 0 Å². The molecule has 0 bridgehead atoms. The standard InChI is InChI=1S/C9H11NO4S/c1-2-14-9(13)7(8(11)12)3-6-4-10-5-15-6/h4-5,7H,2-3H2,1H3,(H,11,12). The van der Waals surface area contributed by atoms with Gasteiger partial charge < -0.3 is 9.84 Å². The fourth-order valence-electron chi connectivity index (χ4n) is 1.06. The summed E-state index contributed by atoms with van der Waals surface area (Å²) in [7, 11) is 0. The quantitative estimate of drug-likeness (QED) is 0.601. The molecule has 0 spiro atoms. The van der Waals surface area contributed by atoms with Crippen molar-refractivity contribution in [3.8, 4) is 0 Å². The summed E-state index contributed by atoms with van der Waals surface area (Å²) in [6, 6.07) is 0. The van der Waals surface area contributed by atoms with Gasteiger partial charge in [0, 0.05) is 17.5 Å². The van der Waals surface area contributed by atoms with Crippen molar-refractivity contribution in [3.05, 3.63) is 16.6 Å². The smallest absolute Gasteiger partial charge is 0.320 e. The van der Waals surface area contributed by atoms with E-state index < -0.39 is 17.9 Å². The first-order valence-corrected chi connectivity index (χ1v) is 5.30. The van der Waals surface area contributed by atoms with Crippen molar-refractivity contribution in [2.24, 2.45) is 5.92 Å². The zero-order valence-electron chi connectivity index (χ0n) is 8.17. The van der Waals surface area contributed by atoms with Gasteiger partial charge in [-0.3, -0.25) is 14.6 Å². The lowest BCUT2D eigenvalue weighted by Crippen LogP contribution is -2.27. The van der Waals surface area contributed by atoms with E-state index in [0.717, 1.165) is 4.88 Å². The molecule has 1 unspecified atom stereocenters. The molecule has 1 aromatic heterocycles. The lowest BCUT2D eigenvalue weighted by atomic mass is 10.1. The average molecular weight is 229 g/mol. The fraction of sp³-hybridized carbons (Fsp3) is 0.444. The van der Waals surface area contributed by atoms with E-state index in [-0.39, 0.29) is 13.0 Å². The van der Waals surface area contributed by atoms with Gasteiger partial charge in [0.05, 0.1) is 12.1 Å². The summed E-state index contributed by atoms with van der Waals surface area (Å²) in [5.41, 5.74) is 1.60. The number of carboxylic acid groups (broad SMARTS) is 1. The summed E-state index contributed by atoms with van der Waals surface area (Å²) in [5.74, 6) is -2.99. The number of esters is 1. The molecular weight excluding hydrogens is 218 g/mol. The van der Waals surface area contributed by atoms with Crippen molar-refractivity contribution in [1.29, 1.82) is 0 Å². The van der Waals surface area contributed by atoms with E-state index in [0.29, 0.717) is 0 Å². The molecule has 1 atom stereocenters. The molecule has 0 aliphatic carbocycles. The molecule has 0 aliphatic rings. The van der Waals surface area contributed by atoms with Gasteiger partial charge in [-0.15, -0.1) is 11.3 Å². The number of thiazole rings is 1. The van der Waals surface area contributed by atoms with E-state index in [9.17, 15) is 9.59 Å². The van der Waals surface area contributed by atoms with Crippen molar-refractivity contribution in [2.75, 3.05) is 6.61 Å². The number of carbonyl (C=O) groups excluding carboxylic acids is 1. The molecule has 0 amide bonds. The van der Waals surface area contributed by atoms with Crippen LogP contribution in [0.1, 0.15) is 11.8 Å². The highest BCUT2D eigenvalue weighted by atomic mass is 32.1. The van der Waals surface area contributed by atoms with Crippen LogP contribution >= 0.6 is 11.3 Å². The maximum Gasteiger partial charge on any atom is 0.320 e. The molecule has 6 heteroatoms. The van der Waals surface area contributed by atoms with Gasteiger partial charge >= 0.3 is 11.9 Å². The molecule has 0 aliphatic heterocycles. The molecule has 15 heavy (non-hydrogen) atoms. The third-order valence-corrected chi connectivity index (χ3v) is 2.56. The molecule has 5 nitrogen and oxygen atoms in total. The van der Waals surface area contributed by atoms with Crippen molar-refractivity contribution < 1.29 is 19.4 Å². The third kappa shape index (κ3) is 3.32. The monoisotopic (exact) mass is 229 g/mol. The molecular formula is C9H11NO4S. The second kappa shape index (κ2) is 5.45. The van der Waals surface area contributed by atoms with Crippen LogP contribution in [0, 0.1) is 5.92 Å². The topological polar surface area (TPSA) is 76.5 Å². The Hall–Kier alpha value is -1.43. The number of rotatable bonds is 5. The van der Waals surface area contributed by atoms with E-state index in [1.807, 2.05) is 0 Å². The van der Waals surface area contributed by atoms with Crippen molar-refractivity contribution in [1.82, 2.24) is 4.98 Å². The molecule has 1 aromatic rings. The first-order valence-electron chi connectivity index (χ1n) is 4.42. The van der Waals surface area contributed by atoms with E-state index in [1.54, 1.807) is 18.6 Å². The van der Waals surface area contributed by atoms with Gasteiger partial charge in [0.1, 0.15) is 0 Å². The summed E-state index contributed by atoms with van der Waals surface area (Å²) in [6.07, 6.45) is 1.69. The predicted molar refractivity (Wildman–Crippen MR) is 53.6 cm³/mol. The first kappa shape index (κ1) is 11.6. The van der Waals surface area contributed by atoms with Crippen LogP contribution in [-0.4, -0.2) is 28.6 Å². The van der Waals surface area contributed by atoms with E-state index in [4.69, 9.17) is 5.11 Å². The van der Waals surface area contributed by atoms with Gasteiger partial charge in [-0.25, -0.2) is 0 Å². The van der Waals surface area contributed by atoms with Crippen LogP contribution in [0.25, 0.3) is 0 Å². The number of nitrogens with zero attached hydrogens (tertiary/aromatic N) is 1. The number of carbonyl (C=O) groups is 2. The summed E-state index contributed by atoms with van der Waals surface area (Å²) in [4.78, 5) is 26.7. The van der Waals surface area contributed by atoms with E-state index in [1.165, 1.54) is 11.3 Å². The van der Waals surface area contributed by atoms with Gasteiger partial charge in [0.15, 0.2) is 5.92 Å². The van der Waals surface area contributed by atoms with Crippen LogP contribution in [0.3, 0.4) is 0 Å². The Morgan fingerprint density at radius 1 is 1.67 bits per heavy atom. The van der Waals surface area contributed by atoms with Crippen molar-refractivity contribution >= 4 is 23.3 Å². The number of aliphatic carboxylic acids is 1. The minimum atomic E-state index is -1.16. The van der Waals surface area contributed by atoms with Crippen molar-refractivity contribution in [2.45, 2.75) is 13.3 Å². The van der Waals surface area contributed by atoms with Crippen LogP contribution < -0.4 is 0 Å². The molecule has 1 N–H and O–H groups in total. The fourth-order valence-corrected chi connectivity index (χ4v) is 1.70. The Bertz CT molecular complexity index is 336. The van der Waals surface area contributed by atoms with Crippen LogP contribution in [0.15, 0.2) is 11.7 Å². The Morgan fingerprint density at radius 3 is 2.87 bits per heavy atom. The third-order valence-electron chi connectivity index (χ3n) is 1.76. The molecule has 0 saturated carbocycles. The van der Waals surface area contributed by atoms with Crippen LogP contribution in [0.5, 0.6) is 0 Å². The summed E-state index contributed by atoms with van der Waals surface area (Å²) in [6.45, 7) is 1.83. The Labute approximate surface area is 90.7 Å². The van der Waals surface area contributed by atoms with Gasteiger partial charge in [0.25, 0.3) is 0 Å². The van der Waals surface area contributed by atoms with Crippen LogP contribution in [0.4, 0.5) is 0 Å². The predicted octanol–water partition coefficient (Wildman–Crippen LogP) is 0.950. The molecule has 82 valence electrons. The van der Waals surface area contributed by atoms with E-state index in [2.05, 4.69) is 9.72 Å². The molecule has 1 heterocycles. The SMILES string of the molecule is CCOC(=O)C(Cc1cncs1)C(=O)O. The lowest BCUT2D eigenvalue weighted by molar-refractivity contribution is -0.158. The van der Waals surface area contributed by atoms with Crippen LogP contribution in [0.2, 0.25) is 0 Å². The zero-order valence-corrected chi connectivity index (χ0v) is 8.99. The minimum Gasteiger partial charge on any atom is -0.481 e. The Kier molecular flexibility index (Phi) is 4.23. The van der Waals surface area contributed by atoms with E-state index >= 15 is 0 Å². The highest BCUT2D eigenvalue weighted by Gasteiger charge is 2.28. The largest absolute Gasteiger partial charge is 0.481 e. The Morgan fingerprint density at radius 2 is 2.40 bits per heavy atom. The number of hydrogen-bond donors (Lipinski definition) is 1. The highest BCUT2D eigenvalue weighted by Crippen LogP contribution is 2.14. The number of ether oxygens (including phenoxy) is 1. The van der Waals surface area contributed by atoms with Gasteiger partial charge in [-0.05, 0) is 6.92 Å². The van der Waals surface area contributed by atoms with Gasteiger partial charge in [-0.2, -0.15) is 0 Å². The zero-order chi connectivity index (χ0) is 11.3. The van der Waals surface area contributed by atoms with Gasteiger partial charge in [-0.1, -0.05) is 0 Å². The minimum absolute atomic E-state index is 0.138. The second-order valence-corrected chi connectivity index (χ2v) is 3.79. The average Bonchev–Trinajstić information content (AvgIpc) is 2.66. The number of carboxylic acids is 1. The van der Waals surface area contributed by atoms with Crippen LogP contribution in [-0.2, 0) is 20.7 Å². The summed E-state index contributed by atoms with van der Waals surface area (Å²) in [5, 5.41) is 8.85. The highest BCUT2D eigenvalue weighted by molar-refractivity contribution is 7.09. The maximum atomic E-state index is 11.3. The molecule has 0 radical (unpaired) electrons. The lowest BCUT2D eigenvalue weighted by Gasteiger charge is -2.09. The molecule has 0 saturated heterocycles. The number of hydrogen-bond acceptors (Lipinski definition) is 5. The summed E-state index contributed by atoms with van der Waals surface area (Å²) < 4.78 is 4.68.